The fourth-order valence-electron chi connectivity index (χ4n) is 3.82. The van der Waals surface area contributed by atoms with Gasteiger partial charge in [0.25, 0.3) is 11.8 Å². The minimum Gasteiger partial charge on any atom is -0.271 e. The molecule has 0 atom stereocenters. The number of aromatic nitrogens is 1. The maximum absolute atomic E-state index is 12.6. The molecule has 0 radical (unpaired) electrons. The first kappa shape index (κ1) is 14.1. The zero-order chi connectivity index (χ0) is 15.8. The second kappa shape index (κ2) is 5.61. The number of nitrogens with zero attached hydrogens (tertiary/aromatic N) is 2. The lowest BCUT2D eigenvalue weighted by Gasteiger charge is -2.33. The van der Waals surface area contributed by atoms with Crippen LogP contribution >= 0.6 is 0 Å². The molecule has 1 aromatic heterocycles. The van der Waals surface area contributed by atoms with Gasteiger partial charge in [0.1, 0.15) is 0 Å². The van der Waals surface area contributed by atoms with E-state index in [-0.39, 0.29) is 17.9 Å². The standard InChI is InChI=1S/C19H18N2O2/c22-18-16-5-1-2-6-17(16)19(23)21(18)15-9-7-13(8-10-15)14-4-3-11-20-12-14/h1-6,11-13,15H,7-10H2. The molecule has 1 aliphatic carbocycles. The molecular formula is C19H18N2O2. The molecule has 116 valence electrons. The molecule has 0 spiro atoms. The first-order chi connectivity index (χ1) is 11.3. The normalized spacial score (nSPS) is 23.9. The third-order valence-electron chi connectivity index (χ3n) is 5.04. The third-order valence-corrected chi connectivity index (χ3v) is 5.04. The molecule has 4 rings (SSSR count). The molecule has 2 amide bonds. The van der Waals surface area contributed by atoms with Gasteiger partial charge in [-0.15, -0.1) is 0 Å². The second-order valence-electron chi connectivity index (χ2n) is 6.32. The van der Waals surface area contributed by atoms with E-state index in [2.05, 4.69) is 11.1 Å². The maximum Gasteiger partial charge on any atom is 0.261 e. The Kier molecular flexibility index (Phi) is 3.45. The van der Waals surface area contributed by atoms with Crippen molar-refractivity contribution in [3.63, 3.8) is 0 Å². The number of carbonyl (C=O) groups is 2. The van der Waals surface area contributed by atoms with Gasteiger partial charge in [-0.1, -0.05) is 18.2 Å². The van der Waals surface area contributed by atoms with Gasteiger partial charge in [-0.2, -0.15) is 0 Å². The number of fused-ring (bicyclic) bond motifs is 1. The van der Waals surface area contributed by atoms with E-state index in [0.717, 1.165) is 25.7 Å². The lowest BCUT2D eigenvalue weighted by Crippen LogP contribution is -2.41. The van der Waals surface area contributed by atoms with Crippen LogP contribution in [0.15, 0.2) is 48.8 Å². The number of benzene rings is 1. The largest absolute Gasteiger partial charge is 0.271 e. The number of hydrogen-bond acceptors (Lipinski definition) is 3. The molecule has 2 heterocycles. The minimum atomic E-state index is -0.129. The van der Waals surface area contributed by atoms with Crippen LogP contribution < -0.4 is 0 Å². The third kappa shape index (κ3) is 2.34. The fourth-order valence-corrected chi connectivity index (χ4v) is 3.82. The summed E-state index contributed by atoms with van der Waals surface area (Å²) in [5, 5.41) is 0. The maximum atomic E-state index is 12.6. The SMILES string of the molecule is O=C1c2ccccc2C(=O)N1C1CCC(c2cccnc2)CC1. The first-order valence-corrected chi connectivity index (χ1v) is 8.12. The highest BCUT2D eigenvalue weighted by Gasteiger charge is 2.40. The van der Waals surface area contributed by atoms with Crippen molar-refractivity contribution in [3.8, 4) is 0 Å². The quantitative estimate of drug-likeness (QED) is 0.799. The molecule has 0 saturated heterocycles. The molecule has 1 fully saturated rings. The van der Waals surface area contributed by atoms with E-state index >= 15 is 0 Å². The van der Waals surface area contributed by atoms with E-state index in [1.807, 2.05) is 24.4 Å². The minimum absolute atomic E-state index is 0.0234. The molecule has 1 saturated carbocycles. The summed E-state index contributed by atoms with van der Waals surface area (Å²) in [4.78, 5) is 30.8. The van der Waals surface area contributed by atoms with Gasteiger partial charge in [-0.25, -0.2) is 0 Å². The van der Waals surface area contributed by atoms with Crippen LogP contribution in [-0.4, -0.2) is 27.7 Å². The summed E-state index contributed by atoms with van der Waals surface area (Å²) in [6.07, 6.45) is 7.42. The average molecular weight is 306 g/mol. The van der Waals surface area contributed by atoms with E-state index in [4.69, 9.17) is 0 Å². The van der Waals surface area contributed by atoms with Crippen LogP contribution in [0.2, 0.25) is 0 Å². The van der Waals surface area contributed by atoms with Gasteiger partial charge in [0.05, 0.1) is 11.1 Å². The predicted molar refractivity (Wildman–Crippen MR) is 86.2 cm³/mol. The summed E-state index contributed by atoms with van der Waals surface area (Å²) in [6, 6.07) is 11.2. The van der Waals surface area contributed by atoms with E-state index in [0.29, 0.717) is 17.0 Å². The van der Waals surface area contributed by atoms with Gasteiger partial charge in [-0.3, -0.25) is 19.5 Å². The highest BCUT2D eigenvalue weighted by atomic mass is 16.2. The van der Waals surface area contributed by atoms with Gasteiger partial charge in [0.2, 0.25) is 0 Å². The zero-order valence-electron chi connectivity index (χ0n) is 12.8. The van der Waals surface area contributed by atoms with Gasteiger partial charge in [0, 0.05) is 18.4 Å². The lowest BCUT2D eigenvalue weighted by molar-refractivity contribution is 0.0542. The number of amides is 2. The Labute approximate surface area is 135 Å². The van der Waals surface area contributed by atoms with Crippen molar-refractivity contribution in [2.45, 2.75) is 37.6 Å². The van der Waals surface area contributed by atoms with Gasteiger partial charge >= 0.3 is 0 Å². The van der Waals surface area contributed by atoms with E-state index in [9.17, 15) is 9.59 Å². The monoisotopic (exact) mass is 306 g/mol. The summed E-state index contributed by atoms with van der Waals surface area (Å²) in [5.74, 6) is 0.223. The Morgan fingerprint density at radius 1 is 0.870 bits per heavy atom. The zero-order valence-corrected chi connectivity index (χ0v) is 12.8. The molecule has 2 aromatic rings. The first-order valence-electron chi connectivity index (χ1n) is 8.12. The Balaban J connectivity index is 1.50. The van der Waals surface area contributed by atoms with Crippen molar-refractivity contribution in [1.29, 1.82) is 0 Å². The van der Waals surface area contributed by atoms with Crippen molar-refractivity contribution in [2.75, 3.05) is 0 Å². The molecule has 1 aliphatic heterocycles. The number of pyridine rings is 1. The summed E-state index contributed by atoms with van der Waals surface area (Å²) >= 11 is 0. The Morgan fingerprint density at radius 3 is 2.09 bits per heavy atom. The van der Waals surface area contributed by atoms with Gasteiger partial charge in [0.15, 0.2) is 0 Å². The van der Waals surface area contributed by atoms with Crippen LogP contribution in [0.25, 0.3) is 0 Å². The summed E-state index contributed by atoms with van der Waals surface area (Å²) in [6.45, 7) is 0. The molecular weight excluding hydrogens is 288 g/mol. The van der Waals surface area contributed by atoms with Gasteiger partial charge < -0.3 is 0 Å². The van der Waals surface area contributed by atoms with Crippen molar-refractivity contribution < 1.29 is 9.59 Å². The number of hydrogen-bond donors (Lipinski definition) is 0. The molecule has 0 unspecified atom stereocenters. The number of carbonyl (C=O) groups excluding carboxylic acids is 2. The Hall–Kier alpha value is -2.49. The molecule has 2 aliphatic rings. The highest BCUT2D eigenvalue weighted by Crippen LogP contribution is 2.37. The Bertz CT molecular complexity index is 714. The number of rotatable bonds is 2. The van der Waals surface area contributed by atoms with Crippen LogP contribution in [0, 0.1) is 0 Å². The fraction of sp³-hybridized carbons (Fsp3) is 0.316. The van der Waals surface area contributed by atoms with Crippen molar-refractivity contribution in [2.24, 2.45) is 0 Å². The van der Waals surface area contributed by atoms with Crippen LogP contribution in [0.3, 0.4) is 0 Å². The lowest BCUT2D eigenvalue weighted by atomic mass is 9.82. The summed E-state index contributed by atoms with van der Waals surface area (Å²) in [7, 11) is 0. The summed E-state index contributed by atoms with van der Waals surface area (Å²) < 4.78 is 0. The topological polar surface area (TPSA) is 50.3 Å². The molecule has 0 N–H and O–H groups in total. The van der Waals surface area contributed by atoms with Crippen LogP contribution in [0.1, 0.15) is 57.9 Å². The van der Waals surface area contributed by atoms with Crippen LogP contribution in [-0.2, 0) is 0 Å². The molecule has 1 aromatic carbocycles. The van der Waals surface area contributed by atoms with Crippen molar-refractivity contribution in [1.82, 2.24) is 9.88 Å². The van der Waals surface area contributed by atoms with E-state index < -0.39 is 0 Å². The highest BCUT2D eigenvalue weighted by molar-refractivity contribution is 6.21. The van der Waals surface area contributed by atoms with E-state index in [1.165, 1.54) is 10.5 Å². The van der Waals surface area contributed by atoms with Crippen molar-refractivity contribution >= 4 is 11.8 Å². The molecule has 4 nitrogen and oxygen atoms in total. The average Bonchev–Trinajstić information content (AvgIpc) is 2.87. The number of imide groups is 1. The van der Waals surface area contributed by atoms with Crippen LogP contribution in [0.5, 0.6) is 0 Å². The molecule has 4 heteroatoms. The van der Waals surface area contributed by atoms with E-state index in [1.54, 1.807) is 18.3 Å². The molecule has 23 heavy (non-hydrogen) atoms. The Morgan fingerprint density at radius 2 is 1.52 bits per heavy atom. The van der Waals surface area contributed by atoms with Crippen molar-refractivity contribution in [3.05, 3.63) is 65.5 Å². The summed E-state index contributed by atoms with van der Waals surface area (Å²) in [5.41, 5.74) is 2.35. The van der Waals surface area contributed by atoms with Crippen LogP contribution in [0.4, 0.5) is 0 Å². The molecule has 0 bridgehead atoms. The van der Waals surface area contributed by atoms with Gasteiger partial charge in [-0.05, 0) is 55.4 Å². The second-order valence-corrected chi connectivity index (χ2v) is 6.32. The predicted octanol–water partition coefficient (Wildman–Crippen LogP) is 3.40. The smallest absolute Gasteiger partial charge is 0.261 e.